The molecule has 0 aliphatic carbocycles. The summed E-state index contributed by atoms with van der Waals surface area (Å²) in [5, 5.41) is 0. The molecule has 0 fully saturated rings. The van der Waals surface area contributed by atoms with E-state index in [1.54, 1.807) is 0 Å². The molecule has 0 aromatic carbocycles. The maximum Gasteiger partial charge on any atom is 3.00 e. The van der Waals surface area contributed by atoms with Crippen molar-refractivity contribution in [3.05, 3.63) is 0 Å². The molecule has 0 saturated heterocycles. The molecule has 7 N–H and O–H groups in total. The van der Waals surface area contributed by atoms with Crippen LogP contribution in [0.1, 0.15) is 0 Å². The zero-order chi connectivity index (χ0) is 0. The summed E-state index contributed by atoms with van der Waals surface area (Å²) in [6.45, 7) is 0. The average Bonchev–Trinajstić information content (AvgIpc) is 0. The second-order valence-corrected chi connectivity index (χ2v) is 0. The van der Waals surface area contributed by atoms with Gasteiger partial charge >= 0.3 is 73.5 Å². The molecule has 0 aliphatic heterocycles. The predicted molar refractivity (Wildman–Crippen MR) is 13.6 cm³/mol. The predicted octanol–water partition coefficient (Wildman–Crippen LogP) is -1.24. The normalized spacial score (nSPS) is 0. The van der Waals surface area contributed by atoms with Crippen LogP contribution >= 0.6 is 0 Å². The standard InChI is InChI=1S/Gd.Mn.Ni.7H2O/h;;;7*1H2/q+3;2*+2;;;;;;;/p-7. The van der Waals surface area contributed by atoms with Gasteiger partial charge in [0.05, 0.1) is 0 Å². The van der Waals surface area contributed by atoms with E-state index < -0.39 is 0 Å². The summed E-state index contributed by atoms with van der Waals surface area (Å²) in [4.78, 5) is 0. The summed E-state index contributed by atoms with van der Waals surface area (Å²) in [6, 6.07) is 0. The van der Waals surface area contributed by atoms with Gasteiger partial charge in [-0.25, -0.2) is 0 Å². The van der Waals surface area contributed by atoms with Crippen LogP contribution in [0.3, 0.4) is 0 Å². The van der Waals surface area contributed by atoms with Crippen molar-refractivity contribution in [3.63, 3.8) is 0 Å². The number of rotatable bonds is 0. The summed E-state index contributed by atoms with van der Waals surface area (Å²) >= 11 is 0. The summed E-state index contributed by atoms with van der Waals surface area (Å²) in [5.41, 5.74) is 0. The molecule has 0 saturated carbocycles. The Morgan fingerprint density at radius 3 is 0.400 bits per heavy atom. The largest absolute Gasteiger partial charge is 3.00 e. The molecule has 74 valence electrons. The first kappa shape index (κ1) is 348. The van der Waals surface area contributed by atoms with Gasteiger partial charge in [0.1, 0.15) is 0 Å². The van der Waals surface area contributed by atoms with Crippen LogP contribution < -0.4 is 0 Å². The van der Waals surface area contributed by atoms with Gasteiger partial charge in [0.15, 0.2) is 0 Å². The van der Waals surface area contributed by atoms with Gasteiger partial charge in [-0.2, -0.15) is 0 Å². The van der Waals surface area contributed by atoms with Gasteiger partial charge in [-0.15, -0.1) is 0 Å². The fraction of sp³-hybridized carbons (Fsp3) is 0. The Bertz CT molecular complexity index is 13.6. The Morgan fingerprint density at radius 2 is 0.400 bits per heavy atom. The van der Waals surface area contributed by atoms with Gasteiger partial charge in [-0.1, -0.05) is 0 Å². The number of hydrogen-bond acceptors (Lipinski definition) is 7. The zero-order valence-electron chi connectivity index (χ0n) is 4.18. The molecule has 0 bridgehead atoms. The molecule has 10 heteroatoms. The molecule has 7 nitrogen and oxygen atoms in total. The third kappa shape index (κ3) is 195. The van der Waals surface area contributed by atoms with E-state index in [0.717, 1.165) is 0 Å². The van der Waals surface area contributed by atoms with Crippen LogP contribution in [0.5, 0.6) is 0 Å². The smallest absolute Gasteiger partial charge is 0.870 e. The molecule has 0 rings (SSSR count). The van der Waals surface area contributed by atoms with Crippen LogP contribution in [-0.2, 0) is 33.6 Å². The quantitative estimate of drug-likeness (QED) is 0.458. The first-order chi connectivity index (χ1) is 0. The fourth-order valence-electron chi connectivity index (χ4n) is 0. The van der Waals surface area contributed by atoms with E-state index in [0.29, 0.717) is 0 Å². The molecule has 10 heavy (non-hydrogen) atoms. The third-order valence-electron chi connectivity index (χ3n) is 0. The van der Waals surface area contributed by atoms with Crippen molar-refractivity contribution in [3.8, 4) is 0 Å². The van der Waals surface area contributed by atoms with Gasteiger partial charge in [0.2, 0.25) is 0 Å². The van der Waals surface area contributed by atoms with Crippen LogP contribution in [0.25, 0.3) is 0 Å². The van der Waals surface area contributed by atoms with Crippen LogP contribution in [-0.4, -0.2) is 38.3 Å². The molecule has 0 heterocycles. The monoisotopic (exact) mass is 390 g/mol. The Labute approximate surface area is 111 Å². The summed E-state index contributed by atoms with van der Waals surface area (Å²) < 4.78 is 0. The summed E-state index contributed by atoms with van der Waals surface area (Å²) in [6.07, 6.45) is 0. The van der Waals surface area contributed by atoms with Gasteiger partial charge < -0.3 is 38.3 Å². The molecule has 0 aromatic rings. The molecule has 0 spiro atoms. The molecule has 2 radical (unpaired) electrons. The van der Waals surface area contributed by atoms with E-state index in [-0.39, 0.29) is 112 Å². The minimum Gasteiger partial charge on any atom is -0.870 e. The SMILES string of the molecule is [Gd+3].[Mn+2].[Ni+2].[OH-].[OH-].[OH-].[OH-].[OH-].[OH-].[OH-]. The van der Waals surface area contributed by atoms with Crippen molar-refractivity contribution < 1.29 is 112 Å². The minimum atomic E-state index is 0. The van der Waals surface area contributed by atoms with E-state index in [1.807, 2.05) is 0 Å². The topological polar surface area (TPSA) is 210 Å². The Hall–Kier alpha value is 2.06. The molecule has 0 atom stereocenters. The van der Waals surface area contributed by atoms with Crippen molar-refractivity contribution in [2.24, 2.45) is 0 Å². The number of hydrogen-bond donors (Lipinski definition) is 0. The van der Waals surface area contributed by atoms with E-state index in [2.05, 4.69) is 0 Å². The molecular formula is H7GdMnNiO7. The Kier molecular flexibility index (Phi) is 9200. The molecule has 0 aliphatic rings. The maximum absolute atomic E-state index is 0. The summed E-state index contributed by atoms with van der Waals surface area (Å²) in [5.74, 6) is 0. The van der Waals surface area contributed by atoms with E-state index in [4.69, 9.17) is 0 Å². The Morgan fingerprint density at radius 1 is 0.400 bits per heavy atom. The second-order valence-electron chi connectivity index (χ2n) is 0. The average molecular weight is 390 g/mol. The zero-order valence-corrected chi connectivity index (χ0v) is 8.61. The van der Waals surface area contributed by atoms with E-state index in [1.165, 1.54) is 0 Å². The van der Waals surface area contributed by atoms with Crippen LogP contribution in [0, 0.1) is 39.9 Å². The van der Waals surface area contributed by atoms with Crippen LogP contribution in [0.2, 0.25) is 0 Å². The molecule has 0 unspecified atom stereocenters. The van der Waals surface area contributed by atoms with Gasteiger partial charge in [-0.3, -0.25) is 0 Å². The van der Waals surface area contributed by atoms with Crippen LogP contribution in [0.15, 0.2) is 0 Å². The first-order valence-corrected chi connectivity index (χ1v) is 0. The molecule has 0 amide bonds. The van der Waals surface area contributed by atoms with Crippen molar-refractivity contribution in [2.75, 3.05) is 0 Å². The second kappa shape index (κ2) is 264. The van der Waals surface area contributed by atoms with Crippen molar-refractivity contribution >= 4 is 0 Å². The van der Waals surface area contributed by atoms with E-state index >= 15 is 0 Å². The summed E-state index contributed by atoms with van der Waals surface area (Å²) in [7, 11) is 0. The first-order valence-electron chi connectivity index (χ1n) is 0. The minimum absolute atomic E-state index is 0. The molecule has 0 aromatic heterocycles. The Balaban J connectivity index is 0. The van der Waals surface area contributed by atoms with Gasteiger partial charge in [-0.05, 0) is 0 Å². The van der Waals surface area contributed by atoms with Crippen molar-refractivity contribution in [1.29, 1.82) is 0 Å². The fourth-order valence-corrected chi connectivity index (χ4v) is 0. The van der Waals surface area contributed by atoms with Crippen molar-refractivity contribution in [1.82, 2.24) is 0 Å². The van der Waals surface area contributed by atoms with Gasteiger partial charge in [0.25, 0.3) is 0 Å². The molecular weight excluding hydrogens is 383 g/mol. The van der Waals surface area contributed by atoms with E-state index in [9.17, 15) is 0 Å². The third-order valence-corrected chi connectivity index (χ3v) is 0. The van der Waals surface area contributed by atoms with Crippen LogP contribution in [0.4, 0.5) is 0 Å². The van der Waals surface area contributed by atoms with Crippen molar-refractivity contribution in [2.45, 2.75) is 0 Å². The maximum atomic E-state index is 0. The van der Waals surface area contributed by atoms with Gasteiger partial charge in [0, 0.05) is 0 Å².